The lowest BCUT2D eigenvalue weighted by Crippen LogP contribution is -2.41. The maximum absolute atomic E-state index is 14.7. The lowest BCUT2D eigenvalue weighted by molar-refractivity contribution is -0.736. The lowest BCUT2D eigenvalue weighted by atomic mass is 9.66. The van der Waals surface area contributed by atoms with Crippen LogP contribution in [-0.2, 0) is 30.3 Å². The van der Waals surface area contributed by atoms with E-state index in [-0.39, 0.29) is 28.6 Å². The standard InChI is InChI=1S/C48H66N10O6S2/c1-9-11-13-15-17-19-29-65(61,62)55-33-25-21-31(22-26-33)43-49-45-37(41(47(3,4)5)51-57(45)53-43)35-39(59)36(40(35)60)38-42(48(6,7)8)52-58-46(38)50-44(54-58)32-23-27-34(28-24-32)56-66(63,64)30-20-18-16-14-12-10-2/h21-28,35,37H,9-20,29-30H2,1-8H3,(H4,50,52,53,54,55,56,59,60)/p+1. The van der Waals surface area contributed by atoms with Gasteiger partial charge >= 0.3 is 5.82 Å². The number of hydrogen-bond acceptors (Lipinski definition) is 10. The Balaban J connectivity index is 1.11. The number of nitrogens with one attached hydrogen (secondary N) is 4. The molecule has 2 aliphatic rings. The van der Waals surface area contributed by atoms with Crippen LogP contribution in [0.3, 0.4) is 0 Å². The van der Waals surface area contributed by atoms with Crippen LogP contribution < -0.4 is 14.2 Å². The third kappa shape index (κ3) is 10.7. The van der Waals surface area contributed by atoms with Crippen molar-refractivity contribution in [3.63, 3.8) is 0 Å². The zero-order chi connectivity index (χ0) is 47.6. The van der Waals surface area contributed by atoms with Crippen molar-refractivity contribution in [2.75, 3.05) is 20.9 Å². The van der Waals surface area contributed by atoms with Gasteiger partial charge in [0.15, 0.2) is 17.3 Å². The molecule has 4 heterocycles. The summed E-state index contributed by atoms with van der Waals surface area (Å²) >= 11 is 0. The molecule has 1 aliphatic carbocycles. The predicted octanol–water partition coefficient (Wildman–Crippen LogP) is 9.42. The van der Waals surface area contributed by atoms with Crippen LogP contribution in [0.25, 0.3) is 34.0 Å². The molecule has 3 aromatic heterocycles. The highest BCUT2D eigenvalue weighted by Crippen LogP contribution is 2.50. The van der Waals surface area contributed by atoms with E-state index in [1.54, 1.807) is 53.3 Å². The van der Waals surface area contributed by atoms with Gasteiger partial charge < -0.3 is 5.11 Å². The van der Waals surface area contributed by atoms with Gasteiger partial charge in [0.05, 0.1) is 34.0 Å². The number of hydrogen-bond donors (Lipinski definition) is 5. The van der Waals surface area contributed by atoms with Gasteiger partial charge in [0.25, 0.3) is 5.82 Å². The Morgan fingerprint density at radius 3 is 1.71 bits per heavy atom. The predicted molar refractivity (Wildman–Crippen MR) is 260 cm³/mol. The lowest BCUT2D eigenvalue weighted by Gasteiger charge is -2.33. The van der Waals surface area contributed by atoms with E-state index in [0.29, 0.717) is 75.4 Å². The van der Waals surface area contributed by atoms with Gasteiger partial charge in [-0.2, -0.15) is 9.73 Å². The van der Waals surface area contributed by atoms with Crippen LogP contribution in [0.5, 0.6) is 0 Å². The normalized spacial score (nSPS) is 16.8. The number of Topliss-reactive ketones (excluding diaryl/α,β-unsaturated/α-hetero) is 1. The summed E-state index contributed by atoms with van der Waals surface area (Å²) in [4.78, 5) is 26.0. The number of aliphatic hydroxyl groups excluding tert-OH is 1. The van der Waals surface area contributed by atoms with Crippen LogP contribution in [0, 0.1) is 11.3 Å². The van der Waals surface area contributed by atoms with Crippen LogP contribution in [0.1, 0.15) is 155 Å². The summed E-state index contributed by atoms with van der Waals surface area (Å²) in [6.45, 7) is 16.3. The minimum Gasteiger partial charge on any atom is -0.511 e. The summed E-state index contributed by atoms with van der Waals surface area (Å²) < 4.78 is 58.0. The first-order valence-electron chi connectivity index (χ1n) is 23.5. The van der Waals surface area contributed by atoms with Crippen LogP contribution in [0.4, 0.5) is 11.4 Å². The van der Waals surface area contributed by atoms with Crippen LogP contribution in [-0.4, -0.2) is 74.8 Å². The first kappa shape index (κ1) is 48.6. The summed E-state index contributed by atoms with van der Waals surface area (Å²) in [5.41, 5.74) is 3.57. The quantitative estimate of drug-likeness (QED) is 0.0329. The molecule has 7 rings (SSSR count). The van der Waals surface area contributed by atoms with Gasteiger partial charge in [-0.25, -0.2) is 21.8 Å². The first-order valence-corrected chi connectivity index (χ1v) is 26.8. The van der Waals surface area contributed by atoms with E-state index in [0.717, 1.165) is 64.2 Å². The van der Waals surface area contributed by atoms with Gasteiger partial charge in [-0.15, -0.1) is 5.10 Å². The van der Waals surface area contributed by atoms with E-state index in [9.17, 15) is 26.7 Å². The maximum atomic E-state index is 14.7. The number of carbonyl (C=O) groups is 1. The van der Waals surface area contributed by atoms with E-state index in [1.807, 2.05) is 41.5 Å². The average Bonchev–Trinajstić information content (AvgIpc) is 4.02. The summed E-state index contributed by atoms with van der Waals surface area (Å²) in [5, 5.41) is 28.3. The number of rotatable bonds is 22. The molecule has 2 aromatic carbocycles. The topological polar surface area (TPSA) is 221 Å². The second-order valence-electron chi connectivity index (χ2n) is 19.9. The molecule has 2 unspecified atom stereocenters. The fourth-order valence-corrected chi connectivity index (χ4v) is 11.1. The van der Waals surface area contributed by atoms with Gasteiger partial charge in [0.2, 0.25) is 20.0 Å². The van der Waals surface area contributed by atoms with Crippen molar-refractivity contribution >= 4 is 54.1 Å². The molecular weight excluding hydrogens is 877 g/mol. The van der Waals surface area contributed by atoms with Gasteiger partial charge in [-0.05, 0) is 71.1 Å². The third-order valence-corrected chi connectivity index (χ3v) is 15.0. The summed E-state index contributed by atoms with van der Waals surface area (Å²) in [6.07, 6.45) is 11.9. The number of carbonyl (C=O) groups excluding carboxylic acids is 1. The molecular formula is C48H67N10O6S2+. The molecule has 1 aliphatic heterocycles. The maximum Gasteiger partial charge on any atom is 0.356 e. The smallest absolute Gasteiger partial charge is 0.356 e. The Bertz CT molecular complexity index is 2830. The van der Waals surface area contributed by atoms with Crippen molar-refractivity contribution < 1.29 is 31.5 Å². The molecule has 2 atom stereocenters. The van der Waals surface area contributed by atoms with Crippen LogP contribution in [0.15, 0.2) is 59.4 Å². The average molecular weight is 944 g/mol. The molecule has 0 amide bonds. The van der Waals surface area contributed by atoms with Crippen molar-refractivity contribution in [1.29, 1.82) is 0 Å². The number of aromatic nitrogens is 7. The largest absolute Gasteiger partial charge is 0.511 e. The van der Waals surface area contributed by atoms with E-state index < -0.39 is 42.7 Å². The minimum absolute atomic E-state index is 0.0619. The van der Waals surface area contributed by atoms with Crippen LogP contribution >= 0.6 is 0 Å². The van der Waals surface area contributed by atoms with Crippen molar-refractivity contribution in [3.05, 3.63) is 71.4 Å². The van der Waals surface area contributed by atoms with E-state index in [1.165, 1.54) is 4.63 Å². The monoisotopic (exact) mass is 943 g/mol. The molecule has 0 radical (unpaired) electrons. The van der Waals surface area contributed by atoms with Gasteiger partial charge in [0, 0.05) is 33.3 Å². The van der Waals surface area contributed by atoms with E-state index in [4.69, 9.17) is 20.2 Å². The number of benzene rings is 2. The molecule has 0 bridgehead atoms. The summed E-state index contributed by atoms with van der Waals surface area (Å²) in [6, 6.07) is 13.8. The van der Waals surface area contributed by atoms with E-state index >= 15 is 0 Å². The van der Waals surface area contributed by atoms with Gasteiger partial charge in [0.1, 0.15) is 17.6 Å². The Kier molecular flexibility index (Phi) is 14.3. The molecule has 0 spiro atoms. The first-order chi connectivity index (χ1) is 31.2. The Morgan fingerprint density at radius 1 is 0.697 bits per heavy atom. The number of fused-ring (bicyclic) bond motifs is 2. The molecule has 5 aromatic rings. The van der Waals surface area contributed by atoms with Crippen molar-refractivity contribution in [2.24, 2.45) is 16.4 Å². The number of sulfonamides is 2. The second kappa shape index (κ2) is 19.5. The van der Waals surface area contributed by atoms with E-state index in [2.05, 4.69) is 33.5 Å². The number of aliphatic hydroxyl groups is 1. The number of nitrogens with zero attached hydrogens (tertiary/aromatic N) is 6. The SMILES string of the molecule is CCCCCCCCS(=O)(=O)Nc1ccc(-c2nc3c(C4=C(O)C(C5C(C(C)(C)C)=N[n+]6[nH]c(-c7ccc(NS(=O)(=O)CCCCCCCC)cc7)nc65)C4=O)c(C(C)(C)C)[nH]n3n2)cc1. The molecule has 5 N–H and O–H groups in total. The minimum atomic E-state index is -3.50. The fraction of sp³-hybridized carbons (Fsp3) is 0.542. The highest BCUT2D eigenvalue weighted by molar-refractivity contribution is 7.92. The summed E-state index contributed by atoms with van der Waals surface area (Å²) in [7, 11) is -7.00. The second-order valence-corrected chi connectivity index (χ2v) is 23.6. The summed E-state index contributed by atoms with van der Waals surface area (Å²) in [5.74, 6) is -0.587. The zero-order valence-corrected chi connectivity index (χ0v) is 41.3. The van der Waals surface area contributed by atoms with Gasteiger partial charge in [-0.3, -0.25) is 19.3 Å². The molecule has 0 fully saturated rings. The van der Waals surface area contributed by atoms with Crippen LogP contribution in [0.2, 0.25) is 0 Å². The molecule has 356 valence electrons. The van der Waals surface area contributed by atoms with Crippen molar-refractivity contribution in [2.45, 2.75) is 144 Å². The Labute approximate surface area is 389 Å². The molecule has 16 nitrogen and oxygen atoms in total. The zero-order valence-electron chi connectivity index (χ0n) is 39.7. The Hall–Kier alpha value is -5.36. The molecule has 0 saturated heterocycles. The number of anilines is 2. The Morgan fingerprint density at radius 2 is 1.21 bits per heavy atom. The number of aromatic amines is 2. The van der Waals surface area contributed by atoms with Gasteiger partial charge in [-0.1, -0.05) is 125 Å². The van der Waals surface area contributed by atoms with Crippen molar-refractivity contribution in [3.8, 4) is 22.8 Å². The number of H-pyrrole nitrogens is 2. The number of ketones is 1. The number of unbranched alkanes of at least 4 members (excludes halogenated alkanes) is 10. The molecule has 0 saturated carbocycles. The number of allylic oxidation sites excluding steroid dienone is 2. The van der Waals surface area contributed by atoms with Crippen molar-refractivity contribution in [1.82, 2.24) is 29.9 Å². The highest BCUT2D eigenvalue weighted by atomic mass is 32.2. The fourth-order valence-electron chi connectivity index (χ4n) is 8.73. The molecule has 66 heavy (non-hydrogen) atoms. The highest BCUT2D eigenvalue weighted by Gasteiger charge is 2.58. The third-order valence-electron chi connectivity index (χ3n) is 12.3. The molecule has 18 heteroatoms.